The Morgan fingerprint density at radius 2 is 1.55 bits per heavy atom. The average molecular weight is 460 g/mol. The number of nitrogens with zero attached hydrogens (tertiary/aromatic N) is 1. The fourth-order valence-electron chi connectivity index (χ4n) is 3.30. The van der Waals surface area contributed by atoms with Crippen molar-refractivity contribution in [3.8, 4) is 17.8 Å². The van der Waals surface area contributed by atoms with Gasteiger partial charge >= 0.3 is 0 Å². The van der Waals surface area contributed by atoms with E-state index < -0.39 is 15.6 Å². The van der Waals surface area contributed by atoms with E-state index in [0.717, 1.165) is 5.56 Å². The highest BCUT2D eigenvalue weighted by Gasteiger charge is 2.23. The van der Waals surface area contributed by atoms with E-state index in [0.29, 0.717) is 28.8 Å². The zero-order valence-corrected chi connectivity index (χ0v) is 19.6. The molecule has 0 fully saturated rings. The molecule has 0 bridgehead atoms. The molecular weight excluding hydrogens is 434 g/mol. The standard InChI is InChI=1S/C27H25NO4S/c1-27(2,3)32-18-17-22-19-28(33(29,30)23-13-8-5-9-14-23)26-24(22)15-10-16-25(26)31-20-21-11-6-4-7-12-21/h4-16,19H,20H2,1-3H3. The maximum atomic E-state index is 13.5. The third-order valence-corrected chi connectivity index (χ3v) is 6.51. The van der Waals surface area contributed by atoms with E-state index in [1.807, 2.05) is 63.2 Å². The fourth-order valence-corrected chi connectivity index (χ4v) is 4.70. The summed E-state index contributed by atoms with van der Waals surface area (Å²) in [6, 6.07) is 23.5. The van der Waals surface area contributed by atoms with Crippen LogP contribution in [0.1, 0.15) is 31.9 Å². The van der Waals surface area contributed by atoms with Gasteiger partial charge in [-0.25, -0.2) is 12.4 Å². The van der Waals surface area contributed by atoms with Crippen LogP contribution in [0.3, 0.4) is 0 Å². The number of aromatic nitrogens is 1. The lowest BCUT2D eigenvalue weighted by Crippen LogP contribution is -2.15. The van der Waals surface area contributed by atoms with Crippen LogP contribution in [-0.2, 0) is 21.4 Å². The van der Waals surface area contributed by atoms with Gasteiger partial charge in [-0.15, -0.1) is 0 Å². The number of fused-ring (bicyclic) bond motifs is 1. The molecule has 5 nitrogen and oxygen atoms in total. The molecule has 4 aromatic rings. The Morgan fingerprint density at radius 3 is 2.21 bits per heavy atom. The van der Waals surface area contributed by atoms with Gasteiger partial charge in [-0.2, -0.15) is 0 Å². The van der Waals surface area contributed by atoms with Gasteiger partial charge in [-0.1, -0.05) is 60.7 Å². The largest absolute Gasteiger partial charge is 0.487 e. The maximum Gasteiger partial charge on any atom is 0.268 e. The molecule has 1 heterocycles. The van der Waals surface area contributed by atoms with Crippen molar-refractivity contribution >= 4 is 20.9 Å². The molecule has 0 atom stereocenters. The lowest BCUT2D eigenvalue weighted by molar-refractivity contribution is 0.0963. The highest BCUT2D eigenvalue weighted by Crippen LogP contribution is 2.33. The smallest absolute Gasteiger partial charge is 0.268 e. The second kappa shape index (κ2) is 9.05. The zero-order valence-electron chi connectivity index (χ0n) is 18.8. The summed E-state index contributed by atoms with van der Waals surface area (Å²) in [4.78, 5) is 0.185. The van der Waals surface area contributed by atoms with E-state index in [-0.39, 0.29) is 4.90 Å². The van der Waals surface area contributed by atoms with E-state index >= 15 is 0 Å². The molecule has 0 saturated carbocycles. The van der Waals surface area contributed by atoms with Gasteiger partial charge in [0.15, 0.2) is 0 Å². The highest BCUT2D eigenvalue weighted by molar-refractivity contribution is 7.90. The van der Waals surface area contributed by atoms with Crippen molar-refractivity contribution in [2.24, 2.45) is 0 Å². The molecule has 0 unspecified atom stereocenters. The van der Waals surface area contributed by atoms with Crippen molar-refractivity contribution in [3.05, 3.63) is 96.2 Å². The minimum atomic E-state index is -3.88. The molecule has 0 amide bonds. The van der Waals surface area contributed by atoms with Crippen molar-refractivity contribution in [2.75, 3.05) is 0 Å². The van der Waals surface area contributed by atoms with Crippen LogP contribution in [0.25, 0.3) is 10.9 Å². The Hall–Kier alpha value is -3.69. The molecule has 0 N–H and O–H groups in total. The second-order valence-electron chi connectivity index (χ2n) is 8.52. The summed E-state index contributed by atoms with van der Waals surface area (Å²) in [7, 11) is -3.88. The normalized spacial score (nSPS) is 11.6. The van der Waals surface area contributed by atoms with Crippen LogP contribution in [0.5, 0.6) is 5.75 Å². The molecule has 0 radical (unpaired) electrons. The maximum absolute atomic E-state index is 13.5. The summed E-state index contributed by atoms with van der Waals surface area (Å²) in [5.74, 6) is 3.44. The van der Waals surface area contributed by atoms with Crippen molar-refractivity contribution in [3.63, 3.8) is 0 Å². The first-order valence-corrected chi connectivity index (χ1v) is 12.0. The van der Waals surface area contributed by atoms with Gasteiger partial charge < -0.3 is 9.47 Å². The monoisotopic (exact) mass is 459 g/mol. The Labute approximate surface area is 194 Å². The zero-order chi connectivity index (χ0) is 23.5. The van der Waals surface area contributed by atoms with Gasteiger partial charge in [0, 0.05) is 11.6 Å². The van der Waals surface area contributed by atoms with Crippen LogP contribution in [0, 0.1) is 12.0 Å². The third-order valence-electron chi connectivity index (χ3n) is 4.84. The first-order valence-electron chi connectivity index (χ1n) is 10.6. The summed E-state index contributed by atoms with van der Waals surface area (Å²) >= 11 is 0. The molecule has 0 aliphatic heterocycles. The van der Waals surface area contributed by atoms with E-state index in [1.54, 1.807) is 36.4 Å². The first kappa shape index (κ1) is 22.5. The number of benzene rings is 3. The summed E-state index contributed by atoms with van der Waals surface area (Å²) < 4.78 is 40.0. The Balaban J connectivity index is 1.85. The molecule has 168 valence electrons. The molecule has 0 aliphatic carbocycles. The molecule has 0 aliphatic rings. The SMILES string of the molecule is CC(C)(C)OC#Cc1cn(S(=O)(=O)c2ccccc2)c2c(OCc3ccccc3)cccc12. The Bertz CT molecular complexity index is 1420. The second-order valence-corrected chi connectivity index (χ2v) is 10.3. The van der Waals surface area contributed by atoms with Crippen LogP contribution >= 0.6 is 0 Å². The number of rotatable bonds is 5. The molecular formula is C27H25NO4S. The predicted octanol–water partition coefficient (Wildman–Crippen LogP) is 5.58. The molecule has 1 aromatic heterocycles. The van der Waals surface area contributed by atoms with Gasteiger partial charge in [-0.3, -0.25) is 0 Å². The minimum Gasteiger partial charge on any atom is -0.487 e. The number of ether oxygens (including phenoxy) is 2. The third kappa shape index (κ3) is 5.05. The van der Waals surface area contributed by atoms with Crippen LogP contribution in [0.15, 0.2) is 90.0 Å². The molecule has 0 spiro atoms. The van der Waals surface area contributed by atoms with Crippen molar-refractivity contribution < 1.29 is 17.9 Å². The molecule has 33 heavy (non-hydrogen) atoms. The van der Waals surface area contributed by atoms with Gasteiger partial charge in [0.25, 0.3) is 10.0 Å². The molecule has 3 aromatic carbocycles. The quantitative estimate of drug-likeness (QED) is 0.366. The van der Waals surface area contributed by atoms with E-state index in [9.17, 15) is 8.42 Å². The van der Waals surface area contributed by atoms with E-state index in [1.165, 1.54) is 10.2 Å². The lowest BCUT2D eigenvalue weighted by Gasteiger charge is -2.14. The van der Waals surface area contributed by atoms with Crippen LogP contribution in [-0.4, -0.2) is 18.0 Å². The van der Waals surface area contributed by atoms with E-state index in [2.05, 4.69) is 12.0 Å². The number of hydrogen-bond donors (Lipinski definition) is 0. The van der Waals surface area contributed by atoms with Gasteiger partial charge in [0.1, 0.15) is 29.6 Å². The molecule has 6 heteroatoms. The van der Waals surface area contributed by atoms with Gasteiger partial charge in [0.05, 0.1) is 10.5 Å². The van der Waals surface area contributed by atoms with Gasteiger partial charge in [-0.05, 0) is 50.5 Å². The first-order chi connectivity index (χ1) is 15.8. The molecule has 4 rings (SSSR count). The Morgan fingerprint density at radius 1 is 0.879 bits per heavy atom. The van der Waals surface area contributed by atoms with E-state index in [4.69, 9.17) is 9.47 Å². The minimum absolute atomic E-state index is 0.185. The highest BCUT2D eigenvalue weighted by atomic mass is 32.2. The predicted molar refractivity (Wildman–Crippen MR) is 129 cm³/mol. The summed E-state index contributed by atoms with van der Waals surface area (Å²) in [5.41, 5.74) is 1.53. The van der Waals surface area contributed by atoms with Crippen LogP contribution in [0.4, 0.5) is 0 Å². The van der Waals surface area contributed by atoms with Crippen molar-refractivity contribution in [1.29, 1.82) is 0 Å². The van der Waals surface area contributed by atoms with Crippen LogP contribution in [0.2, 0.25) is 0 Å². The summed E-state index contributed by atoms with van der Waals surface area (Å²) in [5, 5.41) is 0.671. The topological polar surface area (TPSA) is 57.5 Å². The van der Waals surface area contributed by atoms with Crippen molar-refractivity contribution in [2.45, 2.75) is 37.9 Å². The number of para-hydroxylation sites is 1. The fraction of sp³-hybridized carbons (Fsp3) is 0.185. The summed E-state index contributed by atoms with van der Waals surface area (Å²) in [6.07, 6.45) is 4.25. The lowest BCUT2D eigenvalue weighted by atomic mass is 10.1. The Kier molecular flexibility index (Phi) is 6.17. The molecule has 0 saturated heterocycles. The van der Waals surface area contributed by atoms with Gasteiger partial charge in [0.2, 0.25) is 0 Å². The average Bonchev–Trinajstić information content (AvgIpc) is 3.18. The van der Waals surface area contributed by atoms with Crippen molar-refractivity contribution in [1.82, 2.24) is 3.97 Å². The van der Waals surface area contributed by atoms with Crippen LogP contribution < -0.4 is 4.74 Å². The summed E-state index contributed by atoms with van der Waals surface area (Å²) in [6.45, 7) is 6.02. The number of hydrogen-bond acceptors (Lipinski definition) is 4.